The first kappa shape index (κ1) is 22.1. The molecule has 0 fully saturated rings. The minimum absolute atomic E-state index is 0.0116. The van der Waals surface area contributed by atoms with Gasteiger partial charge >= 0.3 is 6.18 Å². The van der Waals surface area contributed by atoms with Gasteiger partial charge in [0.2, 0.25) is 0 Å². The van der Waals surface area contributed by atoms with E-state index in [1.807, 2.05) is 0 Å². The quantitative estimate of drug-likeness (QED) is 0.598. The van der Waals surface area contributed by atoms with Gasteiger partial charge in [0.25, 0.3) is 0 Å². The first-order chi connectivity index (χ1) is 15.0. The van der Waals surface area contributed by atoms with Crippen LogP contribution in [0.1, 0.15) is 29.8 Å². The van der Waals surface area contributed by atoms with Crippen molar-refractivity contribution in [2.75, 3.05) is 6.26 Å². The minimum Gasteiger partial charge on any atom is -0.283 e. The molecule has 1 aromatic carbocycles. The van der Waals surface area contributed by atoms with E-state index in [0.717, 1.165) is 6.07 Å². The van der Waals surface area contributed by atoms with Gasteiger partial charge in [0.05, 0.1) is 29.2 Å². The molecule has 3 aromatic rings. The summed E-state index contributed by atoms with van der Waals surface area (Å²) in [4.78, 5) is 21.3. The molecule has 0 spiro atoms. The van der Waals surface area contributed by atoms with Gasteiger partial charge in [-0.15, -0.1) is 0 Å². The number of rotatable bonds is 3. The van der Waals surface area contributed by atoms with Gasteiger partial charge in [-0.3, -0.25) is 29.7 Å². The van der Waals surface area contributed by atoms with E-state index in [4.69, 9.17) is 11.6 Å². The molecule has 0 radical (unpaired) electrons. The van der Waals surface area contributed by atoms with Crippen molar-refractivity contribution in [1.29, 1.82) is 0 Å². The molecule has 0 saturated carbocycles. The predicted octanol–water partition coefficient (Wildman–Crippen LogP) is 4.36. The second kappa shape index (κ2) is 8.10. The van der Waals surface area contributed by atoms with Gasteiger partial charge < -0.3 is 0 Å². The van der Waals surface area contributed by atoms with E-state index in [1.54, 1.807) is 6.92 Å². The molecule has 0 aliphatic carbocycles. The Bertz CT molecular complexity index is 1340. The molecule has 3 heterocycles. The molecule has 166 valence electrons. The number of nitrogens with one attached hydrogen (secondary N) is 1. The minimum atomic E-state index is -4.74. The Hall–Kier alpha value is -3.12. The summed E-state index contributed by atoms with van der Waals surface area (Å²) in [6, 6.07) is 1.35. The highest BCUT2D eigenvalue weighted by molar-refractivity contribution is 7.91. The van der Waals surface area contributed by atoms with Gasteiger partial charge in [-0.25, -0.2) is 4.21 Å². The summed E-state index contributed by atoms with van der Waals surface area (Å²) in [5.41, 5.74) is -0.299. The van der Waals surface area contributed by atoms with E-state index >= 15 is 0 Å². The second-order valence-electron chi connectivity index (χ2n) is 6.88. The molecule has 2 aromatic heterocycles. The van der Waals surface area contributed by atoms with Gasteiger partial charge in [0.1, 0.15) is 27.1 Å². The van der Waals surface area contributed by atoms with Crippen LogP contribution in [0.5, 0.6) is 0 Å². The van der Waals surface area contributed by atoms with E-state index < -0.39 is 33.4 Å². The number of aliphatic imine (C=N–C) groups is 1. The standard InChI is InChI=1S/C19H15ClF3N7OS/c1-10(15-17(27-6-5-26-15)14-9-24-3-4-25-14)28-18-12-7-11(20)8-13(19(21,22)23)16(12)29-32(2,31)30-18/h3-10H,1-2H3,(H,28,29,30,31)/t10-,32?/m0/s1. The van der Waals surface area contributed by atoms with Crippen molar-refractivity contribution >= 4 is 33.0 Å². The zero-order valence-corrected chi connectivity index (χ0v) is 18.2. The van der Waals surface area contributed by atoms with E-state index in [1.165, 1.54) is 43.3 Å². The van der Waals surface area contributed by atoms with Gasteiger partial charge in [-0.2, -0.15) is 17.5 Å². The molecular formula is C19H15ClF3N7OS. The Balaban J connectivity index is 1.87. The summed E-state index contributed by atoms with van der Waals surface area (Å²) < 4.78 is 60.0. The van der Waals surface area contributed by atoms with Crippen LogP contribution in [0.2, 0.25) is 5.02 Å². The van der Waals surface area contributed by atoms with E-state index in [9.17, 15) is 17.4 Å². The number of fused-ring (bicyclic) bond motifs is 1. The third kappa shape index (κ3) is 4.41. The van der Waals surface area contributed by atoms with Crippen molar-refractivity contribution in [3.63, 3.8) is 0 Å². The SMILES string of the molecule is C[C@H](N=C1NS(C)(=O)=Nc2c1cc(Cl)cc2C(F)(F)F)c1nccnc1-c1cnccn1. The molecule has 0 bridgehead atoms. The molecule has 8 nitrogen and oxygen atoms in total. The fourth-order valence-electron chi connectivity index (χ4n) is 3.15. The smallest absolute Gasteiger partial charge is 0.283 e. The number of alkyl halides is 3. The summed E-state index contributed by atoms with van der Waals surface area (Å²) in [5, 5.41) is -0.155. The number of nitrogens with zero attached hydrogens (tertiary/aromatic N) is 6. The van der Waals surface area contributed by atoms with Crippen molar-refractivity contribution in [2.45, 2.75) is 19.1 Å². The highest BCUT2D eigenvalue weighted by Gasteiger charge is 2.38. The lowest BCUT2D eigenvalue weighted by atomic mass is 10.1. The number of hydrogen-bond donors (Lipinski definition) is 1. The predicted molar refractivity (Wildman–Crippen MR) is 114 cm³/mol. The largest absolute Gasteiger partial charge is 0.418 e. The van der Waals surface area contributed by atoms with E-state index in [-0.39, 0.29) is 16.4 Å². The lowest BCUT2D eigenvalue weighted by Crippen LogP contribution is -2.34. The molecule has 1 unspecified atom stereocenters. The normalized spacial score (nSPS) is 20.2. The van der Waals surface area contributed by atoms with Crippen molar-refractivity contribution in [2.24, 2.45) is 9.36 Å². The number of hydrogen-bond acceptors (Lipinski definition) is 7. The summed E-state index contributed by atoms with van der Waals surface area (Å²) in [6.07, 6.45) is 3.91. The third-order valence-corrected chi connectivity index (χ3v) is 5.76. The van der Waals surface area contributed by atoms with Gasteiger partial charge in [-0.1, -0.05) is 11.6 Å². The first-order valence-electron chi connectivity index (χ1n) is 9.11. The number of aromatic nitrogens is 4. The van der Waals surface area contributed by atoms with Crippen LogP contribution in [0.15, 0.2) is 52.5 Å². The van der Waals surface area contributed by atoms with Crippen LogP contribution in [0, 0.1) is 0 Å². The van der Waals surface area contributed by atoms with Gasteiger partial charge in [0, 0.05) is 41.6 Å². The van der Waals surface area contributed by atoms with Crippen LogP contribution >= 0.6 is 11.6 Å². The molecule has 13 heteroatoms. The first-order valence-corrected chi connectivity index (χ1v) is 11.4. The average molecular weight is 482 g/mol. The molecule has 1 N–H and O–H groups in total. The zero-order valence-electron chi connectivity index (χ0n) is 16.6. The molecular weight excluding hydrogens is 467 g/mol. The fourth-order valence-corrected chi connectivity index (χ4v) is 4.48. The van der Waals surface area contributed by atoms with E-state index in [0.29, 0.717) is 17.1 Å². The molecule has 0 amide bonds. The Kier molecular flexibility index (Phi) is 5.59. The second-order valence-corrected chi connectivity index (χ2v) is 9.31. The topological polar surface area (TPSA) is 105 Å². The fraction of sp³-hybridized carbons (Fsp3) is 0.211. The van der Waals surface area contributed by atoms with Crippen molar-refractivity contribution < 1.29 is 17.4 Å². The molecule has 1 aliphatic heterocycles. The lowest BCUT2D eigenvalue weighted by Gasteiger charge is -2.23. The summed E-state index contributed by atoms with van der Waals surface area (Å²) >= 11 is 5.95. The number of benzene rings is 1. The van der Waals surface area contributed by atoms with Gasteiger partial charge in [-0.05, 0) is 19.1 Å². The maximum Gasteiger partial charge on any atom is 0.418 e. The Morgan fingerprint density at radius 2 is 1.84 bits per heavy atom. The van der Waals surface area contributed by atoms with Crippen molar-refractivity contribution in [3.8, 4) is 11.4 Å². The van der Waals surface area contributed by atoms with Crippen LogP contribution in [0.3, 0.4) is 0 Å². The zero-order chi connectivity index (χ0) is 23.1. The van der Waals surface area contributed by atoms with Crippen molar-refractivity contribution in [1.82, 2.24) is 24.7 Å². The molecule has 1 aliphatic rings. The monoisotopic (exact) mass is 481 g/mol. The summed E-state index contributed by atoms with van der Waals surface area (Å²) in [6.45, 7) is 1.68. The third-order valence-electron chi connectivity index (χ3n) is 4.44. The number of amidine groups is 1. The van der Waals surface area contributed by atoms with Crippen molar-refractivity contribution in [3.05, 3.63) is 65.0 Å². The maximum atomic E-state index is 13.6. The van der Waals surface area contributed by atoms with E-state index in [2.05, 4.69) is 34.0 Å². The van der Waals surface area contributed by atoms with Crippen LogP contribution in [0.25, 0.3) is 11.4 Å². The van der Waals surface area contributed by atoms with Gasteiger partial charge in [0.15, 0.2) is 0 Å². The Morgan fingerprint density at radius 1 is 1.12 bits per heavy atom. The Labute approximate surface area is 186 Å². The average Bonchev–Trinajstić information content (AvgIpc) is 2.73. The maximum absolute atomic E-state index is 13.6. The number of halogens is 4. The highest BCUT2D eigenvalue weighted by Crippen LogP contribution is 2.42. The van der Waals surface area contributed by atoms with Crippen LogP contribution in [0.4, 0.5) is 18.9 Å². The lowest BCUT2D eigenvalue weighted by molar-refractivity contribution is -0.137. The van der Waals surface area contributed by atoms with Crippen LogP contribution in [-0.4, -0.2) is 36.2 Å². The van der Waals surface area contributed by atoms with Crippen LogP contribution < -0.4 is 4.72 Å². The Morgan fingerprint density at radius 3 is 2.53 bits per heavy atom. The summed E-state index contributed by atoms with van der Waals surface area (Å²) in [5.74, 6) is -0.0428. The molecule has 4 rings (SSSR count). The highest BCUT2D eigenvalue weighted by atomic mass is 35.5. The molecule has 32 heavy (non-hydrogen) atoms. The van der Waals surface area contributed by atoms with Crippen LogP contribution in [-0.2, 0) is 16.1 Å². The molecule has 2 atom stereocenters. The summed E-state index contributed by atoms with van der Waals surface area (Å²) in [7, 11) is -3.24. The molecule has 0 saturated heterocycles.